The quantitative estimate of drug-likeness (QED) is 0.570. The van der Waals surface area contributed by atoms with E-state index in [0.717, 1.165) is 35.9 Å². The van der Waals surface area contributed by atoms with E-state index in [4.69, 9.17) is 12.2 Å². The van der Waals surface area contributed by atoms with Gasteiger partial charge in [-0.05, 0) is 27.2 Å². The zero-order chi connectivity index (χ0) is 14.9. The molecule has 0 atom stereocenters. The maximum absolute atomic E-state index is 12.6. The van der Waals surface area contributed by atoms with Gasteiger partial charge in [0.2, 0.25) is 0 Å². The molecule has 2 rings (SSSR count). The summed E-state index contributed by atoms with van der Waals surface area (Å²) in [6.07, 6.45) is 2.06. The lowest BCUT2D eigenvalue weighted by Crippen LogP contribution is -2.29. The first-order valence-corrected chi connectivity index (χ1v) is 8.96. The summed E-state index contributed by atoms with van der Waals surface area (Å²) < 4.78 is 0.699. The molecule has 1 fully saturated rings. The van der Waals surface area contributed by atoms with E-state index in [-0.39, 0.29) is 5.91 Å². The Balaban J connectivity index is 2.28. The van der Waals surface area contributed by atoms with Gasteiger partial charge < -0.3 is 4.90 Å². The van der Waals surface area contributed by atoms with Crippen molar-refractivity contribution < 1.29 is 4.79 Å². The fraction of sp³-hybridized carbons (Fsp3) is 0.571. The third-order valence-corrected chi connectivity index (χ3v) is 6.29. The van der Waals surface area contributed by atoms with Crippen molar-refractivity contribution in [2.45, 2.75) is 40.5 Å². The molecule has 0 saturated carbocycles. The lowest BCUT2D eigenvalue weighted by Gasteiger charge is -2.20. The largest absolute Gasteiger partial charge is 0.338 e. The van der Waals surface area contributed by atoms with E-state index in [1.54, 1.807) is 16.7 Å². The van der Waals surface area contributed by atoms with Crippen LogP contribution in [0.2, 0.25) is 0 Å². The minimum absolute atomic E-state index is 0.0805. The standard InChI is InChI=1S/C14H20N2OS3/c1-5-7-8-16-12(17)11(20-14(16)18)13-15(6-2)9(3)10(4)19-13/h5-8H2,1-4H3/b13-11+. The van der Waals surface area contributed by atoms with Crippen molar-refractivity contribution in [2.24, 2.45) is 0 Å². The van der Waals surface area contributed by atoms with Gasteiger partial charge in [0.05, 0.1) is 5.03 Å². The Morgan fingerprint density at radius 1 is 1.15 bits per heavy atom. The number of rotatable bonds is 4. The van der Waals surface area contributed by atoms with Gasteiger partial charge in [0.25, 0.3) is 5.91 Å². The van der Waals surface area contributed by atoms with E-state index >= 15 is 0 Å². The molecule has 0 aromatic carbocycles. The average Bonchev–Trinajstić information content (AvgIpc) is 2.86. The predicted molar refractivity (Wildman–Crippen MR) is 92.2 cm³/mol. The van der Waals surface area contributed by atoms with Crippen molar-refractivity contribution in [3.63, 3.8) is 0 Å². The Bertz CT molecular complexity index is 511. The number of amides is 1. The second-order valence-corrected chi connectivity index (χ2v) is 7.65. The van der Waals surface area contributed by atoms with E-state index in [1.807, 2.05) is 0 Å². The van der Waals surface area contributed by atoms with Crippen LogP contribution in [-0.4, -0.2) is 33.1 Å². The van der Waals surface area contributed by atoms with Crippen LogP contribution in [0.15, 0.2) is 20.5 Å². The molecule has 0 bridgehead atoms. The zero-order valence-electron chi connectivity index (χ0n) is 12.4. The maximum atomic E-state index is 12.6. The SMILES string of the molecule is CCCCN1C(=O)/C(=C2\SC(C)=C(C)N2CC)SC1=S. The lowest BCUT2D eigenvalue weighted by atomic mass is 10.3. The van der Waals surface area contributed by atoms with E-state index in [0.29, 0.717) is 4.32 Å². The summed E-state index contributed by atoms with van der Waals surface area (Å²) in [4.78, 5) is 18.6. The van der Waals surface area contributed by atoms with Gasteiger partial charge >= 0.3 is 0 Å². The van der Waals surface area contributed by atoms with Crippen LogP contribution < -0.4 is 0 Å². The first-order valence-electron chi connectivity index (χ1n) is 6.92. The summed E-state index contributed by atoms with van der Waals surface area (Å²) >= 11 is 8.51. The van der Waals surface area contributed by atoms with Crippen molar-refractivity contribution in [1.29, 1.82) is 0 Å². The molecule has 20 heavy (non-hydrogen) atoms. The highest BCUT2D eigenvalue weighted by Gasteiger charge is 2.37. The van der Waals surface area contributed by atoms with Gasteiger partial charge in [-0.15, -0.1) is 0 Å². The number of carbonyl (C=O) groups is 1. The van der Waals surface area contributed by atoms with Crippen molar-refractivity contribution in [3.8, 4) is 0 Å². The molecule has 0 N–H and O–H groups in total. The summed E-state index contributed by atoms with van der Waals surface area (Å²) in [7, 11) is 0. The normalized spacial score (nSPS) is 23.6. The molecule has 3 nitrogen and oxygen atoms in total. The third kappa shape index (κ3) is 2.78. The van der Waals surface area contributed by atoms with Crippen LogP contribution >= 0.6 is 35.7 Å². The van der Waals surface area contributed by atoms with Gasteiger partial charge in [-0.2, -0.15) is 0 Å². The van der Waals surface area contributed by atoms with Crippen LogP contribution in [0.25, 0.3) is 0 Å². The molecular formula is C14H20N2OS3. The van der Waals surface area contributed by atoms with Crippen LogP contribution in [-0.2, 0) is 4.79 Å². The maximum Gasteiger partial charge on any atom is 0.268 e. The van der Waals surface area contributed by atoms with Gasteiger partial charge in [0, 0.05) is 23.7 Å². The molecule has 2 aliphatic heterocycles. The Morgan fingerprint density at radius 3 is 2.45 bits per heavy atom. The fourth-order valence-corrected chi connectivity index (χ4v) is 4.83. The Hall–Kier alpha value is -0.460. The average molecular weight is 329 g/mol. The molecule has 1 saturated heterocycles. The van der Waals surface area contributed by atoms with Crippen molar-refractivity contribution in [3.05, 3.63) is 20.5 Å². The van der Waals surface area contributed by atoms with Crippen LogP contribution in [0.1, 0.15) is 40.5 Å². The van der Waals surface area contributed by atoms with Gasteiger partial charge in [0.1, 0.15) is 9.23 Å². The minimum Gasteiger partial charge on any atom is -0.338 e. The highest BCUT2D eigenvalue weighted by atomic mass is 32.2. The molecule has 0 aromatic heterocycles. The molecule has 110 valence electrons. The summed E-state index contributed by atoms with van der Waals surface area (Å²) in [5.41, 5.74) is 1.24. The molecule has 0 aliphatic carbocycles. The lowest BCUT2D eigenvalue weighted by molar-refractivity contribution is -0.122. The third-order valence-electron chi connectivity index (χ3n) is 3.50. The van der Waals surface area contributed by atoms with E-state index in [1.165, 1.54) is 22.4 Å². The molecule has 1 amide bonds. The van der Waals surface area contributed by atoms with Crippen molar-refractivity contribution in [2.75, 3.05) is 13.1 Å². The zero-order valence-corrected chi connectivity index (χ0v) is 14.8. The summed E-state index contributed by atoms with van der Waals surface area (Å²) in [5.74, 6) is 0.0805. The van der Waals surface area contributed by atoms with E-state index in [2.05, 4.69) is 32.6 Å². The monoisotopic (exact) mass is 328 g/mol. The first-order chi connectivity index (χ1) is 9.51. The molecule has 0 unspecified atom stereocenters. The number of allylic oxidation sites excluding steroid dienone is 2. The van der Waals surface area contributed by atoms with Crippen molar-refractivity contribution in [1.82, 2.24) is 9.80 Å². The smallest absolute Gasteiger partial charge is 0.268 e. The highest BCUT2D eigenvalue weighted by molar-refractivity contribution is 8.27. The number of nitrogens with zero attached hydrogens (tertiary/aromatic N) is 2. The molecule has 0 radical (unpaired) electrons. The second-order valence-electron chi connectivity index (χ2n) is 4.80. The Kier molecular flexibility index (Phi) is 5.20. The molecule has 0 spiro atoms. The number of unbranched alkanes of at least 4 members (excludes halogenated alkanes) is 1. The number of thioether (sulfide) groups is 2. The minimum atomic E-state index is 0.0805. The molecule has 2 aliphatic rings. The fourth-order valence-electron chi connectivity index (χ4n) is 2.20. The summed E-state index contributed by atoms with van der Waals surface area (Å²) in [6, 6.07) is 0. The number of hydrogen-bond acceptors (Lipinski definition) is 5. The van der Waals surface area contributed by atoms with Crippen LogP contribution in [0.4, 0.5) is 0 Å². The van der Waals surface area contributed by atoms with Crippen molar-refractivity contribution >= 4 is 46.0 Å². The van der Waals surface area contributed by atoms with E-state index < -0.39 is 0 Å². The van der Waals surface area contributed by atoms with Gasteiger partial charge in [-0.3, -0.25) is 9.69 Å². The second kappa shape index (κ2) is 6.54. The topological polar surface area (TPSA) is 23.6 Å². The van der Waals surface area contributed by atoms with Crippen LogP contribution in [0.3, 0.4) is 0 Å². The highest BCUT2D eigenvalue weighted by Crippen LogP contribution is 2.47. The number of hydrogen-bond donors (Lipinski definition) is 0. The molecule has 6 heteroatoms. The number of carbonyl (C=O) groups excluding carboxylic acids is 1. The molecule has 0 aromatic rings. The summed E-state index contributed by atoms with van der Waals surface area (Å²) in [6.45, 7) is 10.1. The first kappa shape index (κ1) is 15.9. The van der Waals surface area contributed by atoms with Gasteiger partial charge in [0.15, 0.2) is 0 Å². The molecular weight excluding hydrogens is 308 g/mol. The summed E-state index contributed by atoms with van der Waals surface area (Å²) in [5, 5.41) is 1.05. The van der Waals surface area contributed by atoms with Crippen LogP contribution in [0, 0.1) is 0 Å². The van der Waals surface area contributed by atoms with Gasteiger partial charge in [-0.1, -0.05) is 49.1 Å². The Morgan fingerprint density at radius 2 is 1.85 bits per heavy atom. The van der Waals surface area contributed by atoms with Crippen LogP contribution in [0.5, 0.6) is 0 Å². The van der Waals surface area contributed by atoms with Gasteiger partial charge in [-0.25, -0.2) is 0 Å². The predicted octanol–water partition coefficient (Wildman–Crippen LogP) is 4.14. The van der Waals surface area contributed by atoms with E-state index in [9.17, 15) is 4.79 Å². The molecule has 2 heterocycles. The Labute approximate surface area is 134 Å². The number of thiocarbonyl (C=S) groups is 1.